The predicted octanol–water partition coefficient (Wildman–Crippen LogP) is 3.34. The molecule has 0 aliphatic heterocycles. The molecule has 0 radical (unpaired) electrons. The summed E-state index contributed by atoms with van der Waals surface area (Å²) in [7, 11) is 0. The fourth-order valence-corrected chi connectivity index (χ4v) is 2.57. The number of benzene rings is 1. The molecule has 0 aliphatic carbocycles. The van der Waals surface area contributed by atoms with Crippen LogP contribution in [0, 0.1) is 6.92 Å². The Morgan fingerprint density at radius 1 is 1.14 bits per heavy atom. The van der Waals surface area contributed by atoms with Crippen molar-refractivity contribution in [3.05, 3.63) is 71.2 Å². The average molecular weight is 279 g/mol. The lowest BCUT2D eigenvalue weighted by Gasteiger charge is -2.01. The lowest BCUT2D eigenvalue weighted by atomic mass is 10.1. The van der Waals surface area contributed by atoms with Crippen molar-refractivity contribution in [3.8, 4) is 0 Å². The second-order valence-corrected chi connectivity index (χ2v) is 5.48. The Morgan fingerprint density at radius 2 is 2.05 bits per heavy atom. The van der Waals surface area contributed by atoms with Crippen molar-refractivity contribution in [3.63, 3.8) is 0 Å². The third kappa shape index (κ3) is 3.31. The van der Waals surface area contributed by atoms with E-state index in [1.165, 1.54) is 16.7 Å². The van der Waals surface area contributed by atoms with Gasteiger partial charge in [0.05, 0.1) is 5.69 Å². The molecule has 0 amide bonds. The van der Waals surface area contributed by atoms with Crippen molar-refractivity contribution in [2.24, 2.45) is 0 Å². The molecule has 3 rings (SSSR count). The van der Waals surface area contributed by atoms with Gasteiger partial charge in [0.25, 0.3) is 0 Å². The van der Waals surface area contributed by atoms with Gasteiger partial charge in [0, 0.05) is 25.4 Å². The molecule has 0 spiro atoms. The van der Waals surface area contributed by atoms with E-state index in [0.717, 1.165) is 30.9 Å². The van der Waals surface area contributed by atoms with E-state index < -0.39 is 0 Å². The van der Waals surface area contributed by atoms with E-state index in [-0.39, 0.29) is 0 Å². The third-order valence-corrected chi connectivity index (χ3v) is 3.62. The van der Waals surface area contributed by atoms with Gasteiger partial charge < -0.3 is 9.72 Å². The molecule has 1 N–H and O–H groups in total. The standard InChI is InChI=1S/C18H21N3/c1-3-19-12-16-7-8-21-13-17(20-18(21)11-16)10-15-6-4-5-14(2)9-15/h4-9,11,13,19H,3,10,12H2,1-2H3. The van der Waals surface area contributed by atoms with Crippen LogP contribution in [-0.4, -0.2) is 15.9 Å². The molecular weight excluding hydrogens is 258 g/mol. The summed E-state index contributed by atoms with van der Waals surface area (Å²) in [6.07, 6.45) is 5.09. The van der Waals surface area contributed by atoms with Gasteiger partial charge in [0.15, 0.2) is 0 Å². The first-order valence-corrected chi connectivity index (χ1v) is 7.47. The fraction of sp³-hybridized carbons (Fsp3) is 0.278. The summed E-state index contributed by atoms with van der Waals surface area (Å²) >= 11 is 0. The van der Waals surface area contributed by atoms with E-state index in [0.29, 0.717) is 0 Å². The quantitative estimate of drug-likeness (QED) is 0.776. The van der Waals surface area contributed by atoms with Gasteiger partial charge in [-0.05, 0) is 36.7 Å². The number of nitrogens with zero attached hydrogens (tertiary/aromatic N) is 2. The Kier molecular flexibility index (Phi) is 4.02. The Balaban J connectivity index is 1.83. The lowest BCUT2D eigenvalue weighted by molar-refractivity contribution is 0.726. The molecule has 1 aromatic carbocycles. The number of aromatic nitrogens is 2. The summed E-state index contributed by atoms with van der Waals surface area (Å²) in [5, 5.41) is 3.35. The second kappa shape index (κ2) is 6.10. The summed E-state index contributed by atoms with van der Waals surface area (Å²) in [5.74, 6) is 0. The van der Waals surface area contributed by atoms with Crippen molar-refractivity contribution >= 4 is 5.65 Å². The summed E-state index contributed by atoms with van der Waals surface area (Å²) in [6.45, 7) is 6.12. The first kappa shape index (κ1) is 13.8. The summed E-state index contributed by atoms with van der Waals surface area (Å²) in [5.41, 5.74) is 6.02. The number of nitrogens with one attached hydrogen (secondary N) is 1. The second-order valence-electron chi connectivity index (χ2n) is 5.48. The van der Waals surface area contributed by atoms with Crippen LogP contribution in [0.4, 0.5) is 0 Å². The van der Waals surface area contributed by atoms with Crippen LogP contribution in [-0.2, 0) is 13.0 Å². The normalized spacial score (nSPS) is 11.1. The van der Waals surface area contributed by atoms with Gasteiger partial charge in [-0.15, -0.1) is 0 Å². The largest absolute Gasteiger partial charge is 0.313 e. The van der Waals surface area contributed by atoms with Crippen molar-refractivity contribution in [1.29, 1.82) is 0 Å². The zero-order valence-electron chi connectivity index (χ0n) is 12.6. The molecule has 108 valence electrons. The summed E-state index contributed by atoms with van der Waals surface area (Å²) in [6, 6.07) is 12.9. The van der Waals surface area contributed by atoms with Gasteiger partial charge in [-0.3, -0.25) is 0 Å². The topological polar surface area (TPSA) is 29.3 Å². The highest BCUT2D eigenvalue weighted by molar-refractivity contribution is 5.43. The van der Waals surface area contributed by atoms with Gasteiger partial charge in [0.2, 0.25) is 0 Å². The Hall–Kier alpha value is -2.13. The highest BCUT2D eigenvalue weighted by Gasteiger charge is 2.04. The minimum Gasteiger partial charge on any atom is -0.313 e. The van der Waals surface area contributed by atoms with Crippen LogP contribution in [0.25, 0.3) is 5.65 Å². The van der Waals surface area contributed by atoms with Gasteiger partial charge in [-0.2, -0.15) is 0 Å². The van der Waals surface area contributed by atoms with Crippen molar-refractivity contribution < 1.29 is 0 Å². The van der Waals surface area contributed by atoms with E-state index in [4.69, 9.17) is 4.98 Å². The SMILES string of the molecule is CCNCc1ccn2cc(Cc3cccc(C)c3)nc2c1. The molecule has 3 aromatic rings. The number of aryl methyl sites for hydroxylation is 1. The van der Waals surface area contributed by atoms with Crippen LogP contribution in [0.3, 0.4) is 0 Å². The molecule has 3 heteroatoms. The predicted molar refractivity (Wildman–Crippen MR) is 86.6 cm³/mol. The summed E-state index contributed by atoms with van der Waals surface area (Å²) in [4.78, 5) is 4.74. The van der Waals surface area contributed by atoms with E-state index in [9.17, 15) is 0 Å². The van der Waals surface area contributed by atoms with Crippen LogP contribution in [0.15, 0.2) is 48.8 Å². The highest BCUT2D eigenvalue weighted by atomic mass is 15.0. The maximum absolute atomic E-state index is 4.74. The molecule has 0 bridgehead atoms. The minimum absolute atomic E-state index is 0.881. The summed E-state index contributed by atoms with van der Waals surface area (Å²) < 4.78 is 2.10. The molecule has 2 heterocycles. The molecule has 21 heavy (non-hydrogen) atoms. The van der Waals surface area contributed by atoms with Crippen molar-refractivity contribution in [1.82, 2.24) is 14.7 Å². The fourth-order valence-electron chi connectivity index (χ4n) is 2.57. The Labute approximate surface area is 125 Å². The van der Waals surface area contributed by atoms with E-state index in [1.54, 1.807) is 0 Å². The van der Waals surface area contributed by atoms with Crippen LogP contribution < -0.4 is 5.32 Å². The first-order valence-electron chi connectivity index (χ1n) is 7.47. The Morgan fingerprint density at radius 3 is 2.86 bits per heavy atom. The number of rotatable bonds is 5. The molecule has 3 nitrogen and oxygen atoms in total. The van der Waals surface area contributed by atoms with E-state index >= 15 is 0 Å². The molecule has 0 aliphatic rings. The number of fused-ring (bicyclic) bond motifs is 1. The third-order valence-electron chi connectivity index (χ3n) is 3.62. The van der Waals surface area contributed by atoms with Gasteiger partial charge in [-0.25, -0.2) is 4.98 Å². The van der Waals surface area contributed by atoms with Gasteiger partial charge in [0.1, 0.15) is 5.65 Å². The molecule has 0 unspecified atom stereocenters. The molecule has 0 saturated heterocycles. The van der Waals surface area contributed by atoms with Crippen LogP contribution in [0.1, 0.15) is 29.3 Å². The van der Waals surface area contributed by atoms with Crippen molar-refractivity contribution in [2.75, 3.05) is 6.54 Å². The molecule has 2 aromatic heterocycles. The monoisotopic (exact) mass is 279 g/mol. The van der Waals surface area contributed by atoms with Crippen LogP contribution in [0.5, 0.6) is 0 Å². The zero-order chi connectivity index (χ0) is 14.7. The smallest absolute Gasteiger partial charge is 0.137 e. The molecular formula is C18H21N3. The first-order chi connectivity index (χ1) is 10.2. The number of hydrogen-bond acceptors (Lipinski definition) is 2. The lowest BCUT2D eigenvalue weighted by Crippen LogP contribution is -2.11. The molecule has 0 atom stereocenters. The van der Waals surface area contributed by atoms with Gasteiger partial charge >= 0.3 is 0 Å². The molecule has 0 fully saturated rings. The van der Waals surface area contributed by atoms with E-state index in [2.05, 4.69) is 72.4 Å². The number of hydrogen-bond donors (Lipinski definition) is 1. The Bertz CT molecular complexity index is 743. The van der Waals surface area contributed by atoms with Crippen LogP contribution in [0.2, 0.25) is 0 Å². The highest BCUT2D eigenvalue weighted by Crippen LogP contribution is 2.13. The van der Waals surface area contributed by atoms with Crippen LogP contribution >= 0.6 is 0 Å². The van der Waals surface area contributed by atoms with E-state index in [1.807, 2.05) is 0 Å². The zero-order valence-corrected chi connectivity index (χ0v) is 12.6. The average Bonchev–Trinajstić information content (AvgIpc) is 2.86. The maximum Gasteiger partial charge on any atom is 0.137 e. The minimum atomic E-state index is 0.881. The number of imidazole rings is 1. The maximum atomic E-state index is 4.74. The number of pyridine rings is 1. The van der Waals surface area contributed by atoms with Gasteiger partial charge in [-0.1, -0.05) is 36.8 Å². The van der Waals surface area contributed by atoms with Crippen molar-refractivity contribution in [2.45, 2.75) is 26.8 Å². The molecule has 0 saturated carbocycles.